The van der Waals surface area contributed by atoms with E-state index in [9.17, 15) is 4.79 Å². The second kappa shape index (κ2) is 7.84. The summed E-state index contributed by atoms with van der Waals surface area (Å²) in [5, 5.41) is 0.845. The summed E-state index contributed by atoms with van der Waals surface area (Å²) < 4.78 is 5.55. The molecule has 4 nitrogen and oxygen atoms in total. The minimum Gasteiger partial charge on any atom is -0.461 e. The maximum atomic E-state index is 11.9. The Kier molecular flexibility index (Phi) is 5.27. The highest BCUT2D eigenvalue weighted by Gasteiger charge is 2.34. The van der Waals surface area contributed by atoms with Gasteiger partial charge in [-0.05, 0) is 11.8 Å². The molecule has 0 radical (unpaired) electrons. The van der Waals surface area contributed by atoms with Crippen LogP contribution in [0.15, 0.2) is 65.8 Å². The number of benzene rings is 2. The van der Waals surface area contributed by atoms with Crippen molar-refractivity contribution in [2.75, 3.05) is 5.75 Å². The second-order valence-electron chi connectivity index (χ2n) is 7.97. The van der Waals surface area contributed by atoms with Gasteiger partial charge in [-0.1, -0.05) is 86.3 Å². The Morgan fingerprint density at radius 1 is 1.07 bits per heavy atom. The van der Waals surface area contributed by atoms with E-state index in [1.165, 1.54) is 0 Å². The van der Waals surface area contributed by atoms with Crippen molar-refractivity contribution in [1.29, 1.82) is 0 Å². The first kappa shape index (κ1) is 18.8. The van der Waals surface area contributed by atoms with E-state index in [2.05, 4.69) is 43.1 Å². The molecule has 1 aliphatic heterocycles. The topological polar surface area (TPSA) is 55.0 Å². The smallest absolute Gasteiger partial charge is 0.306 e. The minimum atomic E-state index is -0.101. The molecule has 0 bridgehead atoms. The molecule has 1 atom stereocenters. The third kappa shape index (κ3) is 4.30. The van der Waals surface area contributed by atoms with Gasteiger partial charge in [-0.25, -0.2) is 4.98 Å². The van der Waals surface area contributed by atoms with Crippen LogP contribution < -0.4 is 0 Å². The van der Waals surface area contributed by atoms with Gasteiger partial charge in [-0.3, -0.25) is 4.79 Å². The number of esters is 1. The zero-order valence-electron chi connectivity index (χ0n) is 16.1. The van der Waals surface area contributed by atoms with Crippen LogP contribution in [0, 0.1) is 5.41 Å². The quantitative estimate of drug-likeness (QED) is 0.456. The Morgan fingerprint density at radius 3 is 2.36 bits per heavy atom. The third-order valence-corrected chi connectivity index (χ3v) is 5.90. The van der Waals surface area contributed by atoms with Crippen molar-refractivity contribution in [2.45, 2.75) is 37.9 Å². The predicted octanol–water partition coefficient (Wildman–Crippen LogP) is 5.57. The normalized spacial score (nSPS) is 18.6. The van der Waals surface area contributed by atoms with Gasteiger partial charge in [0.1, 0.15) is 6.10 Å². The standard InChI is InChI=1S/C23H24N2O2S/c1-23(2)13-18(27-19(26)14-23)15-28-22-24-20(16-9-5-3-6-10-16)21(25-22)17-11-7-4-8-12-17/h3-12,18H,13-15H2,1-2H3,(H,24,25)/t18-/m0/s1. The summed E-state index contributed by atoms with van der Waals surface area (Å²) in [5.41, 5.74) is 4.12. The van der Waals surface area contributed by atoms with E-state index in [1.54, 1.807) is 11.8 Å². The van der Waals surface area contributed by atoms with Crippen LogP contribution in [0.3, 0.4) is 0 Å². The minimum absolute atomic E-state index is 0.00583. The molecule has 1 fully saturated rings. The molecule has 2 aromatic carbocycles. The molecular formula is C23H24N2O2S. The van der Waals surface area contributed by atoms with Crippen LogP contribution in [0.25, 0.3) is 22.5 Å². The van der Waals surface area contributed by atoms with E-state index in [-0.39, 0.29) is 17.5 Å². The van der Waals surface area contributed by atoms with E-state index < -0.39 is 0 Å². The van der Waals surface area contributed by atoms with E-state index in [0.717, 1.165) is 34.1 Å². The van der Waals surface area contributed by atoms with E-state index >= 15 is 0 Å². The Hall–Kier alpha value is -2.53. The van der Waals surface area contributed by atoms with Crippen LogP contribution >= 0.6 is 11.8 Å². The number of thioether (sulfide) groups is 1. The lowest BCUT2D eigenvalue weighted by Gasteiger charge is -2.34. The second-order valence-corrected chi connectivity index (χ2v) is 8.97. The Balaban J connectivity index is 1.58. The SMILES string of the molecule is CC1(C)CC(=O)O[C@H](CSc2nc(-c3ccccc3)c(-c3ccccc3)[nH]2)C1. The fourth-order valence-corrected chi connectivity index (χ4v) is 4.51. The highest BCUT2D eigenvalue weighted by molar-refractivity contribution is 7.99. The number of H-pyrrole nitrogens is 1. The molecule has 1 aliphatic rings. The predicted molar refractivity (Wildman–Crippen MR) is 113 cm³/mol. The van der Waals surface area contributed by atoms with Crippen LogP contribution in [0.4, 0.5) is 0 Å². The first-order chi connectivity index (χ1) is 13.5. The van der Waals surface area contributed by atoms with Crippen LogP contribution in [-0.4, -0.2) is 27.8 Å². The van der Waals surface area contributed by atoms with Crippen molar-refractivity contribution in [3.8, 4) is 22.5 Å². The van der Waals surface area contributed by atoms with Crippen molar-refractivity contribution in [3.63, 3.8) is 0 Å². The van der Waals surface area contributed by atoms with Crippen molar-refractivity contribution in [3.05, 3.63) is 60.7 Å². The number of imidazole rings is 1. The number of aromatic amines is 1. The number of hydrogen-bond acceptors (Lipinski definition) is 4. The zero-order chi connectivity index (χ0) is 19.6. The average Bonchev–Trinajstić information content (AvgIpc) is 3.11. The molecule has 0 saturated carbocycles. The number of rotatable bonds is 5. The molecule has 1 aromatic heterocycles. The fourth-order valence-electron chi connectivity index (χ4n) is 3.65. The lowest BCUT2D eigenvalue weighted by molar-refractivity contribution is -0.158. The number of nitrogens with zero attached hydrogens (tertiary/aromatic N) is 1. The Morgan fingerprint density at radius 2 is 1.71 bits per heavy atom. The summed E-state index contributed by atoms with van der Waals surface area (Å²) in [4.78, 5) is 20.2. The fraction of sp³-hybridized carbons (Fsp3) is 0.304. The molecule has 0 amide bonds. The number of nitrogens with one attached hydrogen (secondary N) is 1. The molecule has 0 spiro atoms. The van der Waals surface area contributed by atoms with Gasteiger partial charge in [-0.15, -0.1) is 0 Å². The summed E-state index contributed by atoms with van der Waals surface area (Å²) in [6.07, 6.45) is 1.29. The maximum Gasteiger partial charge on any atom is 0.306 e. The largest absolute Gasteiger partial charge is 0.461 e. The van der Waals surface area contributed by atoms with Crippen LogP contribution in [0.2, 0.25) is 0 Å². The first-order valence-electron chi connectivity index (χ1n) is 9.53. The monoisotopic (exact) mass is 392 g/mol. The number of ether oxygens (including phenoxy) is 1. The lowest BCUT2D eigenvalue weighted by atomic mass is 9.82. The summed E-state index contributed by atoms with van der Waals surface area (Å²) in [7, 11) is 0. The zero-order valence-corrected chi connectivity index (χ0v) is 17.0. The van der Waals surface area contributed by atoms with Gasteiger partial charge >= 0.3 is 5.97 Å². The molecular weight excluding hydrogens is 368 g/mol. The van der Waals surface area contributed by atoms with E-state index in [1.807, 2.05) is 36.4 Å². The van der Waals surface area contributed by atoms with Crippen molar-refractivity contribution < 1.29 is 9.53 Å². The van der Waals surface area contributed by atoms with Gasteiger partial charge in [0.2, 0.25) is 0 Å². The Labute approximate surface area is 169 Å². The van der Waals surface area contributed by atoms with Crippen molar-refractivity contribution in [2.24, 2.45) is 5.41 Å². The summed E-state index contributed by atoms with van der Waals surface area (Å²) in [5.74, 6) is 0.599. The molecule has 5 heteroatoms. The highest BCUT2D eigenvalue weighted by atomic mass is 32.2. The van der Waals surface area contributed by atoms with Crippen molar-refractivity contribution in [1.82, 2.24) is 9.97 Å². The number of carbonyl (C=O) groups is 1. The molecule has 28 heavy (non-hydrogen) atoms. The van der Waals surface area contributed by atoms with Crippen LogP contribution in [0.1, 0.15) is 26.7 Å². The third-order valence-electron chi connectivity index (χ3n) is 4.90. The molecule has 144 valence electrons. The highest BCUT2D eigenvalue weighted by Crippen LogP contribution is 2.36. The van der Waals surface area contributed by atoms with Gasteiger partial charge in [0.15, 0.2) is 5.16 Å². The van der Waals surface area contributed by atoms with E-state index in [0.29, 0.717) is 12.2 Å². The molecule has 1 saturated heterocycles. The first-order valence-corrected chi connectivity index (χ1v) is 10.5. The van der Waals surface area contributed by atoms with Gasteiger partial charge in [0, 0.05) is 16.9 Å². The summed E-state index contributed by atoms with van der Waals surface area (Å²) >= 11 is 1.61. The Bertz CT molecular complexity index is 894. The maximum absolute atomic E-state index is 11.9. The lowest BCUT2D eigenvalue weighted by Crippen LogP contribution is -2.35. The number of carbonyl (C=O) groups excluding carboxylic acids is 1. The summed E-state index contributed by atoms with van der Waals surface area (Å²) in [6, 6.07) is 20.4. The molecule has 3 aromatic rings. The molecule has 2 heterocycles. The van der Waals surface area contributed by atoms with Crippen LogP contribution in [0.5, 0.6) is 0 Å². The number of hydrogen-bond donors (Lipinski definition) is 1. The van der Waals surface area contributed by atoms with Crippen molar-refractivity contribution >= 4 is 17.7 Å². The molecule has 1 N–H and O–H groups in total. The molecule has 0 unspecified atom stereocenters. The molecule has 0 aliphatic carbocycles. The average molecular weight is 393 g/mol. The van der Waals surface area contributed by atoms with Crippen LogP contribution in [-0.2, 0) is 9.53 Å². The van der Waals surface area contributed by atoms with Gasteiger partial charge in [0.25, 0.3) is 0 Å². The van der Waals surface area contributed by atoms with Gasteiger partial charge < -0.3 is 9.72 Å². The molecule has 4 rings (SSSR count). The number of aromatic nitrogens is 2. The van der Waals surface area contributed by atoms with Gasteiger partial charge in [-0.2, -0.15) is 0 Å². The van der Waals surface area contributed by atoms with Gasteiger partial charge in [0.05, 0.1) is 17.8 Å². The number of cyclic esters (lactones) is 1. The summed E-state index contributed by atoms with van der Waals surface area (Å²) in [6.45, 7) is 4.25. The van der Waals surface area contributed by atoms with E-state index in [4.69, 9.17) is 9.72 Å².